The van der Waals surface area contributed by atoms with Crippen molar-refractivity contribution >= 4 is 11.9 Å². The van der Waals surface area contributed by atoms with Crippen molar-refractivity contribution in [1.82, 2.24) is 0 Å². The van der Waals surface area contributed by atoms with Crippen LogP contribution in [0.1, 0.15) is 0 Å². The fourth-order valence-corrected chi connectivity index (χ4v) is 0.454. The number of hydrogen-bond donors (Lipinski definition) is 0. The van der Waals surface area contributed by atoms with Crippen LogP contribution in [-0.2, 0) is 29.1 Å². The third-order valence-corrected chi connectivity index (χ3v) is 1.30. The summed E-state index contributed by atoms with van der Waals surface area (Å²) in [5.41, 5.74) is 0. The molecule has 0 aliphatic rings. The van der Waals surface area contributed by atoms with E-state index in [-0.39, 0.29) is 19.5 Å². The van der Waals surface area contributed by atoms with Crippen LogP contribution in [0.25, 0.3) is 0 Å². The SMILES string of the molecule is O=C([O-])C(F)(F)C(F)(F)C(F)(F)C(=O)[O-].[Zn+2]. The number of hydrogen-bond acceptors (Lipinski definition) is 4. The first kappa shape index (κ1) is 17.5. The molecule has 0 fully saturated rings. The molecule has 0 aliphatic heterocycles. The molecule has 0 saturated heterocycles. The molecule has 0 aliphatic carbocycles. The summed E-state index contributed by atoms with van der Waals surface area (Å²) in [6.45, 7) is 0. The zero-order valence-electron chi connectivity index (χ0n) is 7.11. The molecule has 0 atom stereocenters. The normalized spacial score (nSPS) is 12.9. The Bertz CT molecular complexity index is 275. The molecular weight excluding hydrogens is 303 g/mol. The molecule has 4 nitrogen and oxygen atoms in total. The second-order valence-corrected chi connectivity index (χ2v) is 2.30. The Balaban J connectivity index is 0. The van der Waals surface area contributed by atoms with Gasteiger partial charge in [-0.3, -0.25) is 0 Å². The number of alkyl halides is 6. The van der Waals surface area contributed by atoms with E-state index >= 15 is 0 Å². The number of aliphatic carboxylic acids is 2. The first-order chi connectivity index (χ1) is 6.39. The molecule has 0 spiro atoms. The zero-order valence-corrected chi connectivity index (χ0v) is 10.1. The van der Waals surface area contributed by atoms with E-state index < -0.39 is 29.7 Å². The van der Waals surface area contributed by atoms with Gasteiger partial charge in [-0.2, -0.15) is 26.3 Å². The van der Waals surface area contributed by atoms with Crippen LogP contribution in [0.2, 0.25) is 0 Å². The van der Waals surface area contributed by atoms with E-state index in [1.807, 2.05) is 0 Å². The minimum absolute atomic E-state index is 0. The van der Waals surface area contributed by atoms with Crippen LogP contribution >= 0.6 is 0 Å². The molecule has 0 radical (unpaired) electrons. The minimum atomic E-state index is -6.66. The average molecular weight is 303 g/mol. The molecule has 0 aromatic rings. The van der Waals surface area contributed by atoms with Gasteiger partial charge < -0.3 is 19.8 Å². The van der Waals surface area contributed by atoms with E-state index in [1.54, 1.807) is 0 Å². The Morgan fingerprint density at radius 3 is 1.06 bits per heavy atom. The van der Waals surface area contributed by atoms with Crippen molar-refractivity contribution < 1.29 is 65.6 Å². The molecule has 0 heterocycles. The summed E-state index contributed by atoms with van der Waals surface area (Å²) >= 11 is 0. The van der Waals surface area contributed by atoms with Crippen LogP contribution in [-0.4, -0.2) is 29.7 Å². The molecule has 88 valence electrons. The number of rotatable bonds is 4. The quantitative estimate of drug-likeness (QED) is 0.462. The Kier molecular flexibility index (Phi) is 5.00. The van der Waals surface area contributed by atoms with Gasteiger partial charge in [-0.1, -0.05) is 0 Å². The largest absolute Gasteiger partial charge is 2.00 e. The number of carboxylic acids is 2. The Labute approximate surface area is 96.0 Å². The molecule has 0 saturated carbocycles. The molecule has 0 aromatic heterocycles. The number of carbonyl (C=O) groups excluding carboxylic acids is 2. The predicted octanol–water partition coefficient (Wildman–Crippen LogP) is -1.61. The second-order valence-electron chi connectivity index (χ2n) is 2.30. The smallest absolute Gasteiger partial charge is 0.544 e. The Morgan fingerprint density at radius 2 is 0.938 bits per heavy atom. The van der Waals surface area contributed by atoms with Gasteiger partial charge in [0.1, 0.15) is 11.9 Å². The van der Waals surface area contributed by atoms with Gasteiger partial charge in [-0.05, 0) is 0 Å². The maximum absolute atomic E-state index is 12.1. The van der Waals surface area contributed by atoms with Crippen LogP contribution in [0.5, 0.6) is 0 Å². The third kappa shape index (κ3) is 2.28. The number of halogens is 6. The van der Waals surface area contributed by atoms with E-state index in [4.69, 9.17) is 0 Å². The van der Waals surface area contributed by atoms with Crippen LogP contribution < -0.4 is 10.2 Å². The molecular formula is C5F6O4Zn. The predicted molar refractivity (Wildman–Crippen MR) is 24.9 cm³/mol. The van der Waals surface area contributed by atoms with Crippen molar-refractivity contribution in [3.05, 3.63) is 0 Å². The molecule has 0 bridgehead atoms. The summed E-state index contributed by atoms with van der Waals surface area (Å²) in [5, 5.41) is 18.9. The van der Waals surface area contributed by atoms with E-state index in [9.17, 15) is 46.1 Å². The van der Waals surface area contributed by atoms with Crippen molar-refractivity contribution in [3.8, 4) is 0 Å². The standard InChI is InChI=1S/C5H2F6O4.Zn/c6-3(7,1(12)13)5(10,11)4(8,9)2(14)15;/h(H,12,13)(H,14,15);/q;+2/p-2. The monoisotopic (exact) mass is 302 g/mol. The van der Waals surface area contributed by atoms with Gasteiger partial charge in [0.15, 0.2) is 0 Å². The maximum atomic E-state index is 12.1. The van der Waals surface area contributed by atoms with E-state index in [1.165, 1.54) is 0 Å². The van der Waals surface area contributed by atoms with Crippen LogP contribution in [0.3, 0.4) is 0 Å². The summed E-state index contributed by atoms with van der Waals surface area (Å²) in [4.78, 5) is 18.9. The third-order valence-electron chi connectivity index (χ3n) is 1.30. The first-order valence-electron chi connectivity index (χ1n) is 2.95. The van der Waals surface area contributed by atoms with Crippen molar-refractivity contribution in [3.63, 3.8) is 0 Å². The van der Waals surface area contributed by atoms with Crippen molar-refractivity contribution in [2.75, 3.05) is 0 Å². The van der Waals surface area contributed by atoms with Gasteiger partial charge in [-0.25, -0.2) is 0 Å². The number of carboxylic acid groups (broad SMARTS) is 2. The Hall–Kier alpha value is -0.857. The van der Waals surface area contributed by atoms with Gasteiger partial charge in [0.25, 0.3) is 0 Å². The first-order valence-corrected chi connectivity index (χ1v) is 2.95. The van der Waals surface area contributed by atoms with Crippen LogP contribution in [0, 0.1) is 0 Å². The van der Waals surface area contributed by atoms with Gasteiger partial charge >= 0.3 is 37.2 Å². The van der Waals surface area contributed by atoms with Gasteiger partial charge in [0.2, 0.25) is 0 Å². The maximum Gasteiger partial charge on any atom is 2.00 e. The summed E-state index contributed by atoms with van der Waals surface area (Å²) < 4.78 is 72.3. The number of carbonyl (C=O) groups is 2. The van der Waals surface area contributed by atoms with Crippen molar-refractivity contribution in [2.45, 2.75) is 17.8 Å². The van der Waals surface area contributed by atoms with Crippen LogP contribution in [0.15, 0.2) is 0 Å². The summed E-state index contributed by atoms with van der Waals surface area (Å²) in [5.74, 6) is -27.0. The van der Waals surface area contributed by atoms with Crippen molar-refractivity contribution in [2.24, 2.45) is 0 Å². The van der Waals surface area contributed by atoms with E-state index in [2.05, 4.69) is 0 Å². The minimum Gasteiger partial charge on any atom is -0.544 e. The zero-order chi connectivity index (χ0) is 12.7. The topological polar surface area (TPSA) is 80.3 Å². The molecule has 16 heavy (non-hydrogen) atoms. The van der Waals surface area contributed by atoms with Gasteiger partial charge in [0.05, 0.1) is 0 Å². The molecule has 0 aromatic carbocycles. The van der Waals surface area contributed by atoms with Gasteiger partial charge in [-0.15, -0.1) is 0 Å². The average Bonchev–Trinajstić information content (AvgIpc) is 2.02. The summed E-state index contributed by atoms with van der Waals surface area (Å²) in [7, 11) is 0. The molecule has 0 N–H and O–H groups in total. The fourth-order valence-electron chi connectivity index (χ4n) is 0.454. The summed E-state index contributed by atoms with van der Waals surface area (Å²) in [6, 6.07) is 0. The second kappa shape index (κ2) is 4.56. The van der Waals surface area contributed by atoms with E-state index in [0.717, 1.165) is 0 Å². The van der Waals surface area contributed by atoms with Crippen LogP contribution in [0.4, 0.5) is 26.3 Å². The molecule has 0 unspecified atom stereocenters. The summed E-state index contributed by atoms with van der Waals surface area (Å²) in [6.07, 6.45) is 0. The van der Waals surface area contributed by atoms with Gasteiger partial charge in [0, 0.05) is 0 Å². The van der Waals surface area contributed by atoms with E-state index in [0.29, 0.717) is 0 Å². The molecule has 0 amide bonds. The fraction of sp³-hybridized carbons (Fsp3) is 0.600. The Morgan fingerprint density at radius 1 is 0.750 bits per heavy atom. The molecule has 11 heteroatoms. The van der Waals surface area contributed by atoms with Crippen molar-refractivity contribution in [1.29, 1.82) is 0 Å². The molecule has 0 rings (SSSR count).